The third kappa shape index (κ3) is 3.94. The van der Waals surface area contributed by atoms with Gasteiger partial charge in [-0.1, -0.05) is 25.0 Å². The highest BCUT2D eigenvalue weighted by Gasteiger charge is 2.24. The van der Waals surface area contributed by atoms with Crippen molar-refractivity contribution in [3.63, 3.8) is 0 Å². The third-order valence-corrected chi connectivity index (χ3v) is 4.53. The van der Waals surface area contributed by atoms with Crippen LogP contribution in [0.3, 0.4) is 0 Å². The first-order valence-corrected chi connectivity index (χ1v) is 8.48. The van der Waals surface area contributed by atoms with E-state index >= 15 is 0 Å². The van der Waals surface area contributed by atoms with Crippen molar-refractivity contribution in [2.24, 2.45) is 0 Å². The standard InChI is InChI=1S/C18H24N4O2/c1-13(20-18(24)21-16-8-2-3-9-17(16)23)14-6-4-7-15(12-14)22-11-5-10-19-22/h4-7,10-13,16-17,23H,2-3,8-9H2,1H3,(H2,20,21,24). The summed E-state index contributed by atoms with van der Waals surface area (Å²) >= 11 is 0. The number of hydrogen-bond acceptors (Lipinski definition) is 3. The van der Waals surface area contributed by atoms with Gasteiger partial charge in [-0.05, 0) is 43.5 Å². The fourth-order valence-electron chi connectivity index (χ4n) is 3.13. The maximum atomic E-state index is 12.2. The number of carbonyl (C=O) groups is 1. The molecule has 128 valence electrons. The molecular formula is C18H24N4O2. The first-order chi connectivity index (χ1) is 11.6. The fraction of sp³-hybridized carbons (Fsp3) is 0.444. The Balaban J connectivity index is 1.61. The first kappa shape index (κ1) is 16.5. The second kappa shape index (κ2) is 7.49. The molecule has 1 aliphatic rings. The van der Waals surface area contributed by atoms with Crippen LogP contribution in [0.15, 0.2) is 42.7 Å². The van der Waals surface area contributed by atoms with E-state index in [2.05, 4.69) is 15.7 Å². The summed E-state index contributed by atoms with van der Waals surface area (Å²) in [6.45, 7) is 1.94. The summed E-state index contributed by atoms with van der Waals surface area (Å²) in [7, 11) is 0. The fourth-order valence-corrected chi connectivity index (χ4v) is 3.13. The summed E-state index contributed by atoms with van der Waals surface area (Å²) in [4.78, 5) is 12.2. The molecule has 24 heavy (non-hydrogen) atoms. The van der Waals surface area contributed by atoms with Crippen molar-refractivity contribution in [2.75, 3.05) is 0 Å². The van der Waals surface area contributed by atoms with Crippen LogP contribution in [0.5, 0.6) is 0 Å². The summed E-state index contributed by atoms with van der Waals surface area (Å²) < 4.78 is 1.79. The van der Waals surface area contributed by atoms with Crippen LogP contribution in [0.4, 0.5) is 4.79 Å². The van der Waals surface area contributed by atoms with E-state index in [4.69, 9.17) is 0 Å². The molecule has 3 unspecified atom stereocenters. The molecule has 2 amide bonds. The Bertz CT molecular complexity index is 671. The number of aromatic nitrogens is 2. The van der Waals surface area contributed by atoms with Gasteiger partial charge in [0, 0.05) is 12.4 Å². The number of amides is 2. The number of urea groups is 1. The van der Waals surface area contributed by atoms with Crippen LogP contribution in [-0.4, -0.2) is 33.1 Å². The molecular weight excluding hydrogens is 304 g/mol. The lowest BCUT2D eigenvalue weighted by Gasteiger charge is -2.29. The van der Waals surface area contributed by atoms with Crippen molar-refractivity contribution in [1.82, 2.24) is 20.4 Å². The quantitative estimate of drug-likeness (QED) is 0.807. The van der Waals surface area contributed by atoms with Gasteiger partial charge in [-0.3, -0.25) is 0 Å². The van der Waals surface area contributed by atoms with Gasteiger partial charge in [0.1, 0.15) is 0 Å². The summed E-state index contributed by atoms with van der Waals surface area (Å²) in [6, 6.07) is 9.26. The second-order valence-electron chi connectivity index (χ2n) is 6.34. The number of rotatable bonds is 4. The summed E-state index contributed by atoms with van der Waals surface area (Å²) in [6.07, 6.45) is 6.83. The van der Waals surface area contributed by atoms with E-state index < -0.39 is 6.10 Å². The van der Waals surface area contributed by atoms with E-state index in [1.165, 1.54) is 0 Å². The van der Waals surface area contributed by atoms with Gasteiger partial charge in [0.15, 0.2) is 0 Å². The number of hydrogen-bond donors (Lipinski definition) is 3. The van der Waals surface area contributed by atoms with Gasteiger partial charge in [0.05, 0.1) is 23.9 Å². The largest absolute Gasteiger partial charge is 0.391 e. The lowest BCUT2D eigenvalue weighted by Crippen LogP contribution is -2.49. The highest BCUT2D eigenvalue weighted by molar-refractivity contribution is 5.74. The Morgan fingerprint density at radius 3 is 2.92 bits per heavy atom. The van der Waals surface area contributed by atoms with Crippen LogP contribution in [0.1, 0.15) is 44.2 Å². The van der Waals surface area contributed by atoms with Gasteiger partial charge in [-0.15, -0.1) is 0 Å². The molecule has 0 bridgehead atoms. The molecule has 0 radical (unpaired) electrons. The molecule has 0 spiro atoms. The zero-order valence-electron chi connectivity index (χ0n) is 13.9. The Morgan fingerprint density at radius 2 is 2.17 bits per heavy atom. The molecule has 1 aromatic heterocycles. The normalized spacial score (nSPS) is 21.9. The Kier molecular flexibility index (Phi) is 5.15. The summed E-state index contributed by atoms with van der Waals surface area (Å²) in [5.41, 5.74) is 1.96. The van der Waals surface area contributed by atoms with E-state index in [9.17, 15) is 9.90 Å². The molecule has 6 nitrogen and oxygen atoms in total. The van der Waals surface area contributed by atoms with E-state index in [0.29, 0.717) is 0 Å². The summed E-state index contributed by atoms with van der Waals surface area (Å²) in [5.74, 6) is 0. The number of aliphatic hydroxyl groups is 1. The van der Waals surface area contributed by atoms with Crippen molar-refractivity contribution >= 4 is 6.03 Å². The Labute approximate surface area is 141 Å². The summed E-state index contributed by atoms with van der Waals surface area (Å²) in [5, 5.41) is 20.0. The lowest BCUT2D eigenvalue weighted by molar-refractivity contribution is 0.0941. The zero-order chi connectivity index (χ0) is 16.9. The number of benzene rings is 1. The molecule has 1 fully saturated rings. The number of aliphatic hydroxyl groups excluding tert-OH is 1. The van der Waals surface area contributed by atoms with E-state index in [-0.39, 0.29) is 18.1 Å². The average Bonchev–Trinajstić information content (AvgIpc) is 3.11. The van der Waals surface area contributed by atoms with Crippen LogP contribution in [-0.2, 0) is 0 Å². The lowest BCUT2D eigenvalue weighted by atomic mass is 9.93. The molecule has 1 aromatic carbocycles. The Morgan fingerprint density at radius 1 is 1.33 bits per heavy atom. The topological polar surface area (TPSA) is 79.2 Å². The zero-order valence-corrected chi connectivity index (χ0v) is 13.9. The van der Waals surface area contributed by atoms with E-state index in [1.807, 2.05) is 43.5 Å². The second-order valence-corrected chi connectivity index (χ2v) is 6.34. The van der Waals surface area contributed by atoms with Gasteiger partial charge in [0.2, 0.25) is 0 Å². The van der Waals surface area contributed by atoms with Crippen molar-refractivity contribution in [3.8, 4) is 5.69 Å². The molecule has 0 saturated heterocycles. The molecule has 1 aliphatic carbocycles. The minimum Gasteiger partial charge on any atom is -0.391 e. The minimum atomic E-state index is -0.442. The minimum absolute atomic E-state index is 0.138. The van der Waals surface area contributed by atoms with Crippen molar-refractivity contribution < 1.29 is 9.90 Å². The first-order valence-electron chi connectivity index (χ1n) is 8.48. The van der Waals surface area contributed by atoms with Gasteiger partial charge in [0.25, 0.3) is 0 Å². The SMILES string of the molecule is CC(NC(=O)NC1CCCCC1O)c1cccc(-n2cccn2)c1. The van der Waals surface area contributed by atoms with Crippen LogP contribution in [0, 0.1) is 0 Å². The van der Waals surface area contributed by atoms with E-state index in [0.717, 1.165) is 36.9 Å². The van der Waals surface area contributed by atoms with Crippen LogP contribution in [0.25, 0.3) is 5.69 Å². The molecule has 2 aromatic rings. The molecule has 3 N–H and O–H groups in total. The third-order valence-electron chi connectivity index (χ3n) is 4.53. The maximum Gasteiger partial charge on any atom is 0.315 e. The monoisotopic (exact) mass is 328 g/mol. The molecule has 3 atom stereocenters. The van der Waals surface area contributed by atoms with E-state index in [1.54, 1.807) is 10.9 Å². The van der Waals surface area contributed by atoms with Gasteiger partial charge in [-0.25, -0.2) is 9.48 Å². The van der Waals surface area contributed by atoms with Crippen molar-refractivity contribution in [3.05, 3.63) is 48.3 Å². The molecule has 6 heteroatoms. The predicted molar refractivity (Wildman–Crippen MR) is 91.9 cm³/mol. The Hall–Kier alpha value is -2.34. The number of carbonyl (C=O) groups excluding carboxylic acids is 1. The number of nitrogens with zero attached hydrogens (tertiary/aromatic N) is 2. The number of nitrogens with one attached hydrogen (secondary N) is 2. The average molecular weight is 328 g/mol. The molecule has 1 saturated carbocycles. The smallest absolute Gasteiger partial charge is 0.315 e. The highest BCUT2D eigenvalue weighted by atomic mass is 16.3. The van der Waals surface area contributed by atoms with Gasteiger partial charge < -0.3 is 15.7 Å². The van der Waals surface area contributed by atoms with Gasteiger partial charge in [-0.2, -0.15) is 5.10 Å². The highest BCUT2D eigenvalue weighted by Crippen LogP contribution is 2.19. The molecule has 3 rings (SSSR count). The van der Waals surface area contributed by atoms with Crippen LogP contribution in [0.2, 0.25) is 0 Å². The van der Waals surface area contributed by atoms with Gasteiger partial charge >= 0.3 is 6.03 Å². The van der Waals surface area contributed by atoms with Crippen molar-refractivity contribution in [1.29, 1.82) is 0 Å². The van der Waals surface area contributed by atoms with Crippen LogP contribution < -0.4 is 10.6 Å². The van der Waals surface area contributed by atoms with Crippen LogP contribution >= 0.6 is 0 Å². The maximum absolute atomic E-state index is 12.2. The molecule has 1 heterocycles. The van der Waals surface area contributed by atoms with Crippen molar-refractivity contribution in [2.45, 2.75) is 50.8 Å². The molecule has 0 aliphatic heterocycles. The predicted octanol–water partition coefficient (Wildman–Crippen LogP) is 2.54.